The Balaban J connectivity index is 0. The molecule has 0 atom stereocenters. The summed E-state index contributed by atoms with van der Waals surface area (Å²) in [5.41, 5.74) is 1.75. The topological polar surface area (TPSA) is 61.4 Å². The zero-order valence-corrected chi connectivity index (χ0v) is 12.8. The number of carbonyl (C=O) groups excluding carboxylic acids is 1. The van der Waals surface area contributed by atoms with Crippen LogP contribution in [0.25, 0.3) is 0 Å². The molecule has 1 aromatic rings. The van der Waals surface area contributed by atoms with Gasteiger partial charge in [0.1, 0.15) is 0 Å². The molecule has 1 aromatic carbocycles. The highest BCUT2D eigenvalue weighted by Gasteiger charge is 2.03. The highest BCUT2D eigenvalue weighted by molar-refractivity contribution is 5.94. The van der Waals surface area contributed by atoms with Crippen LogP contribution in [0, 0.1) is 0 Å². The summed E-state index contributed by atoms with van der Waals surface area (Å²) in [7, 11) is 1.88. The van der Waals surface area contributed by atoms with Crippen molar-refractivity contribution in [3.05, 3.63) is 35.4 Å². The summed E-state index contributed by atoms with van der Waals surface area (Å²) in [6, 6.07) is 7.37. The number of hydrogen-bond acceptors (Lipinski definition) is 3. The number of nitrogens with one attached hydrogen (secondary N) is 2. The Bertz CT molecular complexity index is 310. The predicted molar refractivity (Wildman–Crippen MR) is 81.3 cm³/mol. The quantitative estimate of drug-likeness (QED) is 0.767. The molecule has 4 nitrogen and oxygen atoms in total. The number of rotatable bonds is 5. The summed E-state index contributed by atoms with van der Waals surface area (Å²) in [6.45, 7) is 9.04. The van der Waals surface area contributed by atoms with Gasteiger partial charge in [-0.2, -0.15) is 0 Å². The first-order valence-corrected chi connectivity index (χ1v) is 6.90. The molecule has 0 bridgehead atoms. The second kappa shape index (κ2) is 14.7. The average Bonchev–Trinajstić information content (AvgIpc) is 2.50. The van der Waals surface area contributed by atoms with Crippen LogP contribution >= 0.6 is 0 Å². The van der Waals surface area contributed by atoms with Gasteiger partial charge in [0.2, 0.25) is 0 Å². The van der Waals surface area contributed by atoms with E-state index in [1.165, 1.54) is 0 Å². The monoisotopic (exact) mass is 268 g/mol. The van der Waals surface area contributed by atoms with E-state index in [0.717, 1.165) is 12.1 Å². The number of benzene rings is 1. The van der Waals surface area contributed by atoms with E-state index >= 15 is 0 Å². The van der Waals surface area contributed by atoms with Crippen LogP contribution in [0.3, 0.4) is 0 Å². The van der Waals surface area contributed by atoms with Crippen LogP contribution in [-0.4, -0.2) is 31.2 Å². The molecule has 4 heteroatoms. The van der Waals surface area contributed by atoms with Crippen molar-refractivity contribution in [2.24, 2.45) is 0 Å². The average molecular weight is 268 g/mol. The van der Waals surface area contributed by atoms with Crippen molar-refractivity contribution < 1.29 is 9.90 Å². The molecule has 0 saturated heterocycles. The Kier molecular flexibility index (Phi) is 15.4. The van der Waals surface area contributed by atoms with Gasteiger partial charge >= 0.3 is 0 Å². The van der Waals surface area contributed by atoms with Crippen LogP contribution in [0.2, 0.25) is 0 Å². The zero-order chi connectivity index (χ0) is 15.1. The van der Waals surface area contributed by atoms with Crippen LogP contribution in [-0.2, 0) is 6.54 Å². The molecule has 0 saturated carbocycles. The lowest BCUT2D eigenvalue weighted by Crippen LogP contribution is -2.26. The second-order valence-electron chi connectivity index (χ2n) is 3.21. The molecule has 0 aliphatic heterocycles. The van der Waals surface area contributed by atoms with Crippen LogP contribution in [0.5, 0.6) is 0 Å². The van der Waals surface area contributed by atoms with E-state index in [9.17, 15) is 4.79 Å². The molecule has 0 fully saturated rings. The van der Waals surface area contributed by atoms with Crippen LogP contribution < -0.4 is 10.6 Å². The van der Waals surface area contributed by atoms with Crippen molar-refractivity contribution in [2.45, 2.75) is 34.2 Å². The van der Waals surface area contributed by atoms with Gasteiger partial charge in [-0.25, -0.2) is 0 Å². The smallest absolute Gasteiger partial charge is 0.251 e. The van der Waals surface area contributed by atoms with Crippen LogP contribution in [0.15, 0.2) is 24.3 Å². The van der Waals surface area contributed by atoms with E-state index in [4.69, 9.17) is 5.11 Å². The second-order valence-corrected chi connectivity index (χ2v) is 3.21. The predicted octanol–water partition coefficient (Wildman–Crippen LogP) is 2.18. The van der Waals surface area contributed by atoms with Gasteiger partial charge < -0.3 is 15.7 Å². The van der Waals surface area contributed by atoms with E-state index in [1.54, 1.807) is 12.1 Å². The first-order chi connectivity index (χ1) is 9.27. The van der Waals surface area contributed by atoms with Crippen molar-refractivity contribution in [1.82, 2.24) is 10.6 Å². The number of amides is 1. The Morgan fingerprint density at radius 1 is 1.11 bits per heavy atom. The van der Waals surface area contributed by atoms with Crippen molar-refractivity contribution in [3.8, 4) is 0 Å². The highest BCUT2D eigenvalue weighted by Crippen LogP contribution is 2.03. The van der Waals surface area contributed by atoms with Gasteiger partial charge in [0.25, 0.3) is 5.91 Å². The maximum absolute atomic E-state index is 11.4. The third-order valence-corrected chi connectivity index (χ3v) is 1.99. The number of aliphatic hydroxyl groups excluding tert-OH is 1. The Morgan fingerprint density at radius 2 is 1.63 bits per heavy atom. The summed E-state index contributed by atoms with van der Waals surface area (Å²) in [4.78, 5) is 11.4. The number of aliphatic hydroxyl groups is 1. The van der Waals surface area contributed by atoms with Gasteiger partial charge in [-0.15, -0.1) is 0 Å². The van der Waals surface area contributed by atoms with E-state index in [1.807, 2.05) is 46.9 Å². The summed E-state index contributed by atoms with van der Waals surface area (Å²) in [5.74, 6) is -0.153. The molecule has 0 aliphatic carbocycles. The fourth-order valence-electron chi connectivity index (χ4n) is 1.25. The summed E-state index contributed by atoms with van der Waals surface area (Å²) in [6.07, 6.45) is 0. The SMILES string of the molecule is CC.CC.CNCc1ccc(C(=O)NCCO)cc1. The third kappa shape index (κ3) is 9.22. The molecule has 0 aromatic heterocycles. The summed E-state index contributed by atoms with van der Waals surface area (Å²) in [5, 5.41) is 14.2. The Labute approximate surface area is 117 Å². The molecule has 0 radical (unpaired) electrons. The molecule has 0 aliphatic rings. The van der Waals surface area contributed by atoms with Gasteiger partial charge in [0.05, 0.1) is 6.61 Å². The lowest BCUT2D eigenvalue weighted by molar-refractivity contribution is 0.0945. The molecule has 1 amide bonds. The van der Waals surface area contributed by atoms with Crippen molar-refractivity contribution in [3.63, 3.8) is 0 Å². The number of carbonyl (C=O) groups is 1. The Morgan fingerprint density at radius 3 is 2.05 bits per heavy atom. The van der Waals surface area contributed by atoms with Crippen molar-refractivity contribution in [2.75, 3.05) is 20.2 Å². The first-order valence-electron chi connectivity index (χ1n) is 6.90. The molecule has 0 spiro atoms. The standard InChI is InChI=1S/C11H16N2O2.2C2H6/c1-12-8-9-2-4-10(5-3-9)11(15)13-6-7-14;2*1-2/h2-5,12,14H,6-8H2,1H3,(H,13,15);2*1-2H3. The maximum Gasteiger partial charge on any atom is 0.251 e. The molecular weight excluding hydrogens is 240 g/mol. The molecule has 0 heterocycles. The van der Waals surface area contributed by atoms with Crippen LogP contribution in [0.4, 0.5) is 0 Å². The maximum atomic E-state index is 11.4. The van der Waals surface area contributed by atoms with Crippen molar-refractivity contribution in [1.29, 1.82) is 0 Å². The van der Waals surface area contributed by atoms with Crippen LogP contribution in [0.1, 0.15) is 43.6 Å². The molecule has 1 rings (SSSR count). The van der Waals surface area contributed by atoms with E-state index in [-0.39, 0.29) is 19.1 Å². The van der Waals surface area contributed by atoms with Crippen molar-refractivity contribution >= 4 is 5.91 Å². The molecule has 3 N–H and O–H groups in total. The normalized spacial score (nSPS) is 8.53. The fourth-order valence-corrected chi connectivity index (χ4v) is 1.25. The molecule has 110 valence electrons. The molecule has 19 heavy (non-hydrogen) atoms. The summed E-state index contributed by atoms with van der Waals surface area (Å²) < 4.78 is 0. The van der Waals surface area contributed by atoms with Gasteiger partial charge in [-0.3, -0.25) is 4.79 Å². The third-order valence-electron chi connectivity index (χ3n) is 1.99. The van der Waals surface area contributed by atoms with E-state index in [2.05, 4.69) is 10.6 Å². The summed E-state index contributed by atoms with van der Waals surface area (Å²) >= 11 is 0. The zero-order valence-electron chi connectivity index (χ0n) is 12.8. The minimum Gasteiger partial charge on any atom is -0.395 e. The largest absolute Gasteiger partial charge is 0.395 e. The van der Waals surface area contributed by atoms with E-state index < -0.39 is 0 Å². The van der Waals surface area contributed by atoms with Gasteiger partial charge in [0.15, 0.2) is 0 Å². The van der Waals surface area contributed by atoms with Gasteiger partial charge in [-0.1, -0.05) is 39.8 Å². The number of hydrogen-bond donors (Lipinski definition) is 3. The fraction of sp³-hybridized carbons (Fsp3) is 0.533. The lowest BCUT2D eigenvalue weighted by Gasteiger charge is -2.04. The minimum atomic E-state index is -0.153. The van der Waals surface area contributed by atoms with E-state index in [0.29, 0.717) is 5.56 Å². The van der Waals surface area contributed by atoms with Gasteiger partial charge in [-0.05, 0) is 24.7 Å². The molecule has 0 unspecified atom stereocenters. The highest BCUT2D eigenvalue weighted by atomic mass is 16.3. The molecular formula is C15H28N2O2. The minimum absolute atomic E-state index is 0.0381. The lowest BCUT2D eigenvalue weighted by atomic mass is 10.1. The Hall–Kier alpha value is -1.39. The van der Waals surface area contributed by atoms with Gasteiger partial charge in [0, 0.05) is 18.7 Å². The first kappa shape index (κ1) is 19.9.